The molecule has 4 heteroatoms. The Morgan fingerprint density at radius 3 is 2.63 bits per heavy atom. The summed E-state index contributed by atoms with van der Waals surface area (Å²) < 4.78 is 7.53. The van der Waals surface area contributed by atoms with Crippen LogP contribution in [0.5, 0.6) is 5.75 Å². The predicted molar refractivity (Wildman–Crippen MR) is 77.2 cm³/mol. The van der Waals surface area contributed by atoms with Crippen molar-refractivity contribution in [2.45, 2.75) is 32.7 Å². The maximum atomic E-state index is 5.70. The third-order valence-electron chi connectivity index (χ3n) is 2.92. The summed E-state index contributed by atoms with van der Waals surface area (Å²) in [6, 6.07) is 10.1. The Labute approximate surface area is 114 Å². The molecule has 0 spiro atoms. The van der Waals surface area contributed by atoms with E-state index in [1.54, 1.807) is 6.07 Å². The van der Waals surface area contributed by atoms with E-state index in [1.807, 2.05) is 23.0 Å². The van der Waals surface area contributed by atoms with Crippen LogP contribution in [-0.4, -0.2) is 16.4 Å². The van der Waals surface area contributed by atoms with Gasteiger partial charge in [0.1, 0.15) is 11.6 Å². The highest BCUT2D eigenvalue weighted by molar-refractivity contribution is 5.27. The second kappa shape index (κ2) is 6.83. The van der Waals surface area contributed by atoms with Gasteiger partial charge in [-0.3, -0.25) is 4.68 Å². The molecule has 0 saturated carbocycles. The number of aryl methyl sites for hydroxylation is 2. The zero-order valence-corrected chi connectivity index (χ0v) is 11.4. The first-order valence-electron chi connectivity index (χ1n) is 6.78. The third kappa shape index (κ3) is 4.32. The zero-order valence-electron chi connectivity index (χ0n) is 11.4. The molecular weight excluding hydrogens is 238 g/mol. The van der Waals surface area contributed by atoms with Gasteiger partial charge in [-0.25, -0.2) is 0 Å². The van der Waals surface area contributed by atoms with Crippen molar-refractivity contribution in [3.05, 3.63) is 42.1 Å². The minimum Gasteiger partial charge on any atom is -0.494 e. The van der Waals surface area contributed by atoms with Crippen molar-refractivity contribution in [3.8, 4) is 5.75 Å². The number of nitrogen functional groups attached to an aromatic ring is 1. The molecule has 2 N–H and O–H groups in total. The largest absolute Gasteiger partial charge is 0.494 e. The van der Waals surface area contributed by atoms with Gasteiger partial charge in [0.2, 0.25) is 0 Å². The highest BCUT2D eigenvalue weighted by atomic mass is 16.5. The minimum absolute atomic E-state index is 0.562. The van der Waals surface area contributed by atoms with Gasteiger partial charge in [-0.1, -0.05) is 25.5 Å². The number of aromatic nitrogens is 2. The predicted octanol–water partition coefficient (Wildman–Crippen LogP) is 2.89. The Kier molecular flexibility index (Phi) is 4.84. The van der Waals surface area contributed by atoms with Gasteiger partial charge in [0.05, 0.1) is 6.61 Å². The van der Waals surface area contributed by atoms with Gasteiger partial charge in [-0.05, 0) is 30.2 Å². The average molecular weight is 259 g/mol. The Balaban J connectivity index is 1.70. The van der Waals surface area contributed by atoms with Crippen molar-refractivity contribution in [2.75, 3.05) is 12.3 Å². The summed E-state index contributed by atoms with van der Waals surface area (Å²) in [7, 11) is 0. The molecule has 0 aliphatic rings. The third-order valence-corrected chi connectivity index (χ3v) is 2.92. The normalized spacial score (nSPS) is 10.6. The molecule has 0 bridgehead atoms. The van der Waals surface area contributed by atoms with Gasteiger partial charge >= 0.3 is 0 Å². The van der Waals surface area contributed by atoms with Gasteiger partial charge < -0.3 is 10.5 Å². The summed E-state index contributed by atoms with van der Waals surface area (Å²) in [6.07, 6.45) is 5.10. The molecule has 0 radical (unpaired) electrons. The summed E-state index contributed by atoms with van der Waals surface area (Å²) in [5.41, 5.74) is 6.91. The van der Waals surface area contributed by atoms with Gasteiger partial charge in [0.15, 0.2) is 0 Å². The molecule has 0 aliphatic heterocycles. The standard InChI is InChI=1S/C15H21N3O/c1-2-4-13-5-7-14(8-6-13)19-12-3-10-18-11-9-15(16)17-18/h5-9,11H,2-4,10,12H2,1H3,(H2,16,17). The van der Waals surface area contributed by atoms with Crippen LogP contribution in [0.3, 0.4) is 0 Å². The SMILES string of the molecule is CCCc1ccc(OCCCn2ccc(N)n2)cc1. The molecule has 0 saturated heterocycles. The number of benzene rings is 1. The maximum Gasteiger partial charge on any atom is 0.145 e. The van der Waals surface area contributed by atoms with Crippen molar-refractivity contribution in [1.29, 1.82) is 0 Å². The number of ether oxygens (including phenoxy) is 1. The van der Waals surface area contributed by atoms with Crippen molar-refractivity contribution in [2.24, 2.45) is 0 Å². The molecule has 1 aromatic carbocycles. The molecule has 1 aromatic heterocycles. The van der Waals surface area contributed by atoms with E-state index < -0.39 is 0 Å². The molecule has 0 aliphatic carbocycles. The first kappa shape index (κ1) is 13.5. The Morgan fingerprint density at radius 2 is 2.00 bits per heavy atom. The molecular formula is C15H21N3O. The second-order valence-corrected chi connectivity index (χ2v) is 4.60. The van der Waals surface area contributed by atoms with E-state index in [2.05, 4.69) is 24.2 Å². The van der Waals surface area contributed by atoms with E-state index >= 15 is 0 Å². The topological polar surface area (TPSA) is 53.1 Å². The van der Waals surface area contributed by atoms with Crippen molar-refractivity contribution in [3.63, 3.8) is 0 Å². The van der Waals surface area contributed by atoms with Crippen LogP contribution in [0.1, 0.15) is 25.3 Å². The zero-order chi connectivity index (χ0) is 13.5. The second-order valence-electron chi connectivity index (χ2n) is 4.60. The highest BCUT2D eigenvalue weighted by Crippen LogP contribution is 2.13. The van der Waals surface area contributed by atoms with Crippen LogP contribution in [0.4, 0.5) is 5.82 Å². The van der Waals surface area contributed by atoms with E-state index in [1.165, 1.54) is 12.0 Å². The van der Waals surface area contributed by atoms with Gasteiger partial charge in [0, 0.05) is 19.2 Å². The van der Waals surface area contributed by atoms with Gasteiger partial charge in [-0.15, -0.1) is 0 Å². The molecule has 0 unspecified atom stereocenters. The molecule has 19 heavy (non-hydrogen) atoms. The highest BCUT2D eigenvalue weighted by Gasteiger charge is 1.97. The lowest BCUT2D eigenvalue weighted by molar-refractivity contribution is 0.298. The summed E-state index contributed by atoms with van der Waals surface area (Å²) in [5.74, 6) is 1.49. The number of rotatable bonds is 7. The fraction of sp³-hybridized carbons (Fsp3) is 0.400. The molecule has 1 heterocycles. The van der Waals surface area contributed by atoms with E-state index in [4.69, 9.17) is 10.5 Å². The first-order valence-corrected chi connectivity index (χ1v) is 6.78. The Morgan fingerprint density at radius 1 is 1.21 bits per heavy atom. The van der Waals surface area contributed by atoms with E-state index in [0.29, 0.717) is 12.4 Å². The maximum absolute atomic E-state index is 5.70. The fourth-order valence-corrected chi connectivity index (χ4v) is 1.96. The van der Waals surface area contributed by atoms with Crippen LogP contribution in [-0.2, 0) is 13.0 Å². The summed E-state index contributed by atoms with van der Waals surface area (Å²) in [6.45, 7) is 3.70. The van der Waals surface area contributed by atoms with Crippen molar-refractivity contribution < 1.29 is 4.74 Å². The number of anilines is 1. The lowest BCUT2D eigenvalue weighted by atomic mass is 10.1. The smallest absolute Gasteiger partial charge is 0.145 e. The summed E-state index contributed by atoms with van der Waals surface area (Å²) >= 11 is 0. The molecule has 0 amide bonds. The van der Waals surface area contributed by atoms with Crippen LogP contribution in [0.2, 0.25) is 0 Å². The molecule has 102 valence electrons. The van der Waals surface area contributed by atoms with E-state index in [9.17, 15) is 0 Å². The van der Waals surface area contributed by atoms with Crippen LogP contribution in [0.25, 0.3) is 0 Å². The molecule has 0 atom stereocenters. The van der Waals surface area contributed by atoms with Crippen LogP contribution >= 0.6 is 0 Å². The summed E-state index contributed by atoms with van der Waals surface area (Å²) in [5, 5.41) is 4.13. The van der Waals surface area contributed by atoms with E-state index in [0.717, 1.165) is 25.1 Å². The number of hydrogen-bond donors (Lipinski definition) is 1. The van der Waals surface area contributed by atoms with Crippen LogP contribution in [0, 0.1) is 0 Å². The Bertz CT molecular complexity index is 490. The average Bonchev–Trinajstić information content (AvgIpc) is 2.83. The van der Waals surface area contributed by atoms with Gasteiger partial charge in [-0.2, -0.15) is 5.10 Å². The van der Waals surface area contributed by atoms with Gasteiger partial charge in [0.25, 0.3) is 0 Å². The number of nitrogens with zero attached hydrogens (tertiary/aromatic N) is 2. The molecule has 0 fully saturated rings. The molecule has 4 nitrogen and oxygen atoms in total. The lowest BCUT2D eigenvalue weighted by Gasteiger charge is -2.07. The molecule has 2 rings (SSSR count). The fourth-order valence-electron chi connectivity index (χ4n) is 1.96. The van der Waals surface area contributed by atoms with Crippen LogP contribution < -0.4 is 10.5 Å². The van der Waals surface area contributed by atoms with Crippen molar-refractivity contribution in [1.82, 2.24) is 9.78 Å². The minimum atomic E-state index is 0.562. The van der Waals surface area contributed by atoms with Crippen molar-refractivity contribution >= 4 is 5.82 Å². The lowest BCUT2D eigenvalue weighted by Crippen LogP contribution is -2.05. The van der Waals surface area contributed by atoms with Crippen LogP contribution in [0.15, 0.2) is 36.5 Å². The monoisotopic (exact) mass is 259 g/mol. The summed E-state index contributed by atoms with van der Waals surface area (Å²) in [4.78, 5) is 0. The number of nitrogens with two attached hydrogens (primary N) is 1. The number of hydrogen-bond acceptors (Lipinski definition) is 3. The first-order chi connectivity index (χ1) is 9.28. The molecule has 2 aromatic rings. The quantitative estimate of drug-likeness (QED) is 0.778. The Hall–Kier alpha value is -1.97. The van der Waals surface area contributed by atoms with E-state index in [-0.39, 0.29) is 0 Å².